The first-order valence-electron chi connectivity index (χ1n) is 7.73. The highest BCUT2D eigenvalue weighted by atomic mass is 32.2. The van der Waals surface area contributed by atoms with Crippen molar-refractivity contribution in [1.29, 1.82) is 0 Å². The number of benzene rings is 2. The van der Waals surface area contributed by atoms with Gasteiger partial charge in [0.15, 0.2) is 0 Å². The fraction of sp³-hybridized carbons (Fsp3) is 0.105. The zero-order chi connectivity index (χ0) is 18.9. The smallest absolute Gasteiger partial charge is 0.307 e. The van der Waals surface area contributed by atoms with Crippen LogP contribution in [0.2, 0.25) is 0 Å². The van der Waals surface area contributed by atoms with E-state index in [0.717, 1.165) is 22.3 Å². The molecule has 0 bridgehead atoms. The highest BCUT2D eigenvalue weighted by Crippen LogP contribution is 2.39. The molecule has 2 aromatic carbocycles. The second-order valence-electron chi connectivity index (χ2n) is 5.87. The topological polar surface area (TPSA) is 107 Å². The molecule has 0 spiro atoms. The van der Waals surface area contributed by atoms with Gasteiger partial charge in [-0.15, -0.1) is 0 Å². The van der Waals surface area contributed by atoms with Gasteiger partial charge in [-0.2, -0.15) is 0 Å². The van der Waals surface area contributed by atoms with Gasteiger partial charge >= 0.3 is 5.97 Å². The molecule has 0 unspecified atom stereocenters. The number of ether oxygens (including phenoxy) is 1. The Hall–Kier alpha value is -2.90. The largest absolute Gasteiger partial charge is 0.497 e. The summed E-state index contributed by atoms with van der Waals surface area (Å²) in [6, 6.07) is 11.7. The molecule has 0 amide bonds. The van der Waals surface area contributed by atoms with E-state index in [9.17, 15) is 13.2 Å². The van der Waals surface area contributed by atoms with Crippen LogP contribution in [0.4, 0.5) is 0 Å². The van der Waals surface area contributed by atoms with Crippen molar-refractivity contribution in [1.82, 2.24) is 0 Å². The van der Waals surface area contributed by atoms with Gasteiger partial charge in [-0.1, -0.05) is 18.2 Å². The van der Waals surface area contributed by atoms with Crippen molar-refractivity contribution < 1.29 is 23.1 Å². The van der Waals surface area contributed by atoms with Gasteiger partial charge in [0.2, 0.25) is 10.0 Å². The summed E-state index contributed by atoms with van der Waals surface area (Å²) in [7, 11) is -2.18. The minimum atomic E-state index is -3.74. The Labute approximate surface area is 151 Å². The minimum Gasteiger partial charge on any atom is -0.497 e. The number of fused-ring (bicyclic) bond motifs is 1. The van der Waals surface area contributed by atoms with Crippen molar-refractivity contribution in [3.05, 3.63) is 65.2 Å². The monoisotopic (exact) mass is 371 g/mol. The summed E-state index contributed by atoms with van der Waals surface area (Å²) in [5, 5.41) is 14.3. The van der Waals surface area contributed by atoms with Gasteiger partial charge in [0.1, 0.15) is 5.75 Å². The number of rotatable bonds is 5. The quantitative estimate of drug-likeness (QED) is 0.840. The van der Waals surface area contributed by atoms with E-state index in [1.807, 2.05) is 30.4 Å². The van der Waals surface area contributed by atoms with Crippen molar-refractivity contribution in [2.45, 2.75) is 11.3 Å². The molecule has 1 aliphatic carbocycles. The molecule has 1 aliphatic rings. The van der Waals surface area contributed by atoms with Gasteiger partial charge in [-0.25, -0.2) is 13.6 Å². The van der Waals surface area contributed by atoms with E-state index in [-0.39, 0.29) is 11.3 Å². The molecule has 0 radical (unpaired) electrons. The molecule has 0 aliphatic heterocycles. The van der Waals surface area contributed by atoms with E-state index < -0.39 is 16.0 Å². The maximum absolute atomic E-state index is 11.3. The molecule has 0 fully saturated rings. The highest BCUT2D eigenvalue weighted by molar-refractivity contribution is 7.89. The lowest BCUT2D eigenvalue weighted by Gasteiger charge is -2.07. The lowest BCUT2D eigenvalue weighted by molar-refractivity contribution is -0.135. The Morgan fingerprint density at radius 2 is 1.85 bits per heavy atom. The molecule has 26 heavy (non-hydrogen) atoms. The lowest BCUT2D eigenvalue weighted by Crippen LogP contribution is -2.11. The molecule has 0 atom stereocenters. The van der Waals surface area contributed by atoms with Crippen LogP contribution in [0.1, 0.15) is 23.1 Å². The number of carboxylic acids is 1. The van der Waals surface area contributed by atoms with Gasteiger partial charge in [0.05, 0.1) is 18.4 Å². The average molecular weight is 371 g/mol. The Balaban J connectivity index is 2.03. The minimum absolute atomic E-state index is 0.0401. The number of nitrogens with two attached hydrogens (primary N) is 1. The normalized spacial score (nSPS) is 14.8. The molecule has 0 saturated heterocycles. The van der Waals surface area contributed by atoms with E-state index in [2.05, 4.69) is 0 Å². The van der Waals surface area contributed by atoms with Gasteiger partial charge < -0.3 is 9.84 Å². The fourth-order valence-electron chi connectivity index (χ4n) is 2.87. The summed E-state index contributed by atoms with van der Waals surface area (Å²) in [6.45, 7) is 0. The summed E-state index contributed by atoms with van der Waals surface area (Å²) in [5.41, 5.74) is 4.04. The van der Waals surface area contributed by atoms with Crippen molar-refractivity contribution in [2.75, 3.05) is 7.11 Å². The Kier molecular flexibility index (Phi) is 4.67. The molecule has 7 heteroatoms. The Bertz CT molecular complexity index is 1030. The molecule has 0 saturated carbocycles. The maximum Gasteiger partial charge on any atom is 0.307 e. The number of allylic oxidation sites excluding steroid dienone is 2. The number of sulfonamides is 1. The summed E-state index contributed by atoms with van der Waals surface area (Å²) in [4.78, 5) is 11.2. The maximum atomic E-state index is 11.3. The van der Waals surface area contributed by atoms with Crippen molar-refractivity contribution in [2.24, 2.45) is 5.14 Å². The van der Waals surface area contributed by atoms with Gasteiger partial charge in [0, 0.05) is 0 Å². The van der Waals surface area contributed by atoms with E-state index >= 15 is 0 Å². The predicted molar refractivity (Wildman–Crippen MR) is 98.9 cm³/mol. The number of carboxylic acid groups (broad SMARTS) is 1. The van der Waals surface area contributed by atoms with E-state index in [1.54, 1.807) is 19.2 Å². The molecule has 3 rings (SSSR count). The predicted octanol–water partition coefficient (Wildman–Crippen LogP) is 2.75. The van der Waals surface area contributed by atoms with Crippen molar-refractivity contribution >= 4 is 33.2 Å². The van der Waals surface area contributed by atoms with Crippen LogP contribution in [0.3, 0.4) is 0 Å². The Morgan fingerprint density at radius 1 is 1.15 bits per heavy atom. The van der Waals surface area contributed by atoms with Gasteiger partial charge in [-0.05, 0) is 64.3 Å². The lowest BCUT2D eigenvalue weighted by atomic mass is 10.0. The summed E-state index contributed by atoms with van der Waals surface area (Å²) >= 11 is 0. The first-order chi connectivity index (χ1) is 12.3. The van der Waals surface area contributed by atoms with Crippen LogP contribution in [0.25, 0.3) is 17.2 Å². The van der Waals surface area contributed by atoms with Crippen LogP contribution in [-0.2, 0) is 14.8 Å². The number of hydrogen-bond donors (Lipinski definition) is 2. The molecule has 0 heterocycles. The van der Waals surface area contributed by atoms with Crippen LogP contribution in [0, 0.1) is 0 Å². The second kappa shape index (κ2) is 6.78. The van der Waals surface area contributed by atoms with Crippen LogP contribution in [-0.4, -0.2) is 26.6 Å². The number of aliphatic carboxylic acids is 1. The Morgan fingerprint density at radius 3 is 2.42 bits per heavy atom. The van der Waals surface area contributed by atoms with Crippen LogP contribution in [0.15, 0.2) is 53.4 Å². The van der Waals surface area contributed by atoms with E-state index in [1.165, 1.54) is 12.1 Å². The highest BCUT2D eigenvalue weighted by Gasteiger charge is 2.21. The van der Waals surface area contributed by atoms with Gasteiger partial charge in [-0.3, -0.25) is 4.79 Å². The van der Waals surface area contributed by atoms with Crippen molar-refractivity contribution in [3.63, 3.8) is 0 Å². The summed E-state index contributed by atoms with van der Waals surface area (Å²) < 4.78 is 27.9. The van der Waals surface area contributed by atoms with Crippen LogP contribution in [0.5, 0.6) is 5.75 Å². The third kappa shape index (κ3) is 3.68. The number of carbonyl (C=O) groups is 1. The molecule has 134 valence electrons. The van der Waals surface area contributed by atoms with E-state index in [4.69, 9.17) is 15.0 Å². The van der Waals surface area contributed by atoms with Crippen LogP contribution < -0.4 is 9.88 Å². The molecular formula is C19H17NO5S. The molecule has 3 N–H and O–H groups in total. The zero-order valence-electron chi connectivity index (χ0n) is 14.0. The third-order valence-electron chi connectivity index (χ3n) is 4.09. The molecule has 6 nitrogen and oxygen atoms in total. The van der Waals surface area contributed by atoms with Gasteiger partial charge in [0.25, 0.3) is 0 Å². The first kappa shape index (κ1) is 17.9. The second-order valence-corrected chi connectivity index (χ2v) is 7.43. The molecule has 0 aromatic heterocycles. The van der Waals surface area contributed by atoms with Crippen molar-refractivity contribution in [3.8, 4) is 5.75 Å². The number of methoxy groups -OCH3 is 1. The number of hydrogen-bond acceptors (Lipinski definition) is 4. The molecule has 2 aromatic rings. The standard InChI is InChI=1S/C19H17NO5S/c1-25-15-4-7-17-13(9-14(10-19(21)22)18(17)11-15)8-12-2-5-16(6-3-12)26(20,23)24/h2-9,11H,10H2,1H3,(H,21,22)(H2,20,23,24). The average Bonchev–Trinajstić information content (AvgIpc) is 2.90. The van der Waals surface area contributed by atoms with Crippen LogP contribution >= 0.6 is 0 Å². The van der Waals surface area contributed by atoms with E-state index in [0.29, 0.717) is 11.3 Å². The third-order valence-corrected chi connectivity index (χ3v) is 5.02. The summed E-state index contributed by atoms with van der Waals surface area (Å²) in [5.74, 6) is -0.262. The number of primary sulfonamides is 1. The summed E-state index contributed by atoms with van der Waals surface area (Å²) in [6.07, 6.45) is 3.60. The molecular weight excluding hydrogens is 354 g/mol. The fourth-order valence-corrected chi connectivity index (χ4v) is 3.39. The first-order valence-corrected chi connectivity index (χ1v) is 9.28. The zero-order valence-corrected chi connectivity index (χ0v) is 14.8. The SMILES string of the molecule is COc1ccc2c(c1)C(CC(=O)O)=CC2=Cc1ccc(S(N)(=O)=O)cc1.